The van der Waals surface area contributed by atoms with Crippen molar-refractivity contribution in [3.63, 3.8) is 0 Å². The van der Waals surface area contributed by atoms with Crippen LogP contribution in [-0.2, 0) is 0 Å². The summed E-state index contributed by atoms with van der Waals surface area (Å²) >= 11 is 0. The van der Waals surface area contributed by atoms with Crippen LogP contribution in [-0.4, -0.2) is 0 Å². The molecule has 2 aromatic heterocycles. The van der Waals surface area contributed by atoms with Crippen molar-refractivity contribution >= 4 is 60.9 Å². The van der Waals surface area contributed by atoms with E-state index in [1.54, 1.807) is 0 Å². The molecule has 3 heteroatoms. The molecule has 0 saturated carbocycles. The summed E-state index contributed by atoms with van der Waals surface area (Å²) in [6.07, 6.45) is 0. The van der Waals surface area contributed by atoms with E-state index in [1.807, 2.05) is 18.2 Å². The second kappa shape index (κ2) is 13.6. The number of hydrogen-bond acceptors (Lipinski definition) is 3. The van der Waals surface area contributed by atoms with E-state index < -0.39 is 0 Å². The van der Waals surface area contributed by atoms with Crippen molar-refractivity contribution in [2.75, 3.05) is 4.90 Å². The molecule has 9 aromatic carbocycles. The highest BCUT2D eigenvalue weighted by atomic mass is 16.3. The van der Waals surface area contributed by atoms with Crippen LogP contribution in [0.2, 0.25) is 0 Å². The minimum Gasteiger partial charge on any atom is -0.456 e. The van der Waals surface area contributed by atoms with Crippen molar-refractivity contribution in [1.82, 2.24) is 0 Å². The van der Waals surface area contributed by atoms with Crippen LogP contribution >= 0.6 is 0 Å². The second-order valence-corrected chi connectivity index (χ2v) is 14.4. The van der Waals surface area contributed by atoms with Crippen molar-refractivity contribution in [2.45, 2.75) is 0 Å². The quantitative estimate of drug-likeness (QED) is 0.164. The first-order chi connectivity index (χ1) is 28.3. The van der Waals surface area contributed by atoms with Crippen LogP contribution in [0.4, 0.5) is 17.1 Å². The molecular formula is C54H35NO2. The Balaban J connectivity index is 1.15. The van der Waals surface area contributed by atoms with Gasteiger partial charge in [0, 0.05) is 44.0 Å². The van der Waals surface area contributed by atoms with E-state index in [-0.39, 0.29) is 0 Å². The SMILES string of the molecule is c1ccc(-c2ccc(N(c3ccc(-c4cccc5c4oc4ccccc45)cc3)c3ccc4oc5ccccc5c4c3-c3ccccc3-c3ccccc3)cc2)cc1. The van der Waals surface area contributed by atoms with Crippen LogP contribution in [0.15, 0.2) is 221 Å². The lowest BCUT2D eigenvalue weighted by Crippen LogP contribution is -2.11. The van der Waals surface area contributed by atoms with Crippen LogP contribution in [0.25, 0.3) is 88.4 Å². The molecule has 0 aliphatic rings. The van der Waals surface area contributed by atoms with Crippen molar-refractivity contribution in [3.8, 4) is 44.5 Å². The third kappa shape index (κ3) is 5.60. The van der Waals surface area contributed by atoms with Crippen molar-refractivity contribution in [1.29, 1.82) is 0 Å². The summed E-state index contributed by atoms with van der Waals surface area (Å²) in [5.41, 5.74) is 15.7. The first-order valence-corrected chi connectivity index (χ1v) is 19.3. The van der Waals surface area contributed by atoms with Crippen LogP contribution in [0.5, 0.6) is 0 Å². The van der Waals surface area contributed by atoms with Crippen molar-refractivity contribution in [3.05, 3.63) is 212 Å². The van der Waals surface area contributed by atoms with Crippen molar-refractivity contribution < 1.29 is 8.83 Å². The van der Waals surface area contributed by atoms with E-state index in [9.17, 15) is 0 Å². The number of nitrogens with zero attached hydrogens (tertiary/aromatic N) is 1. The minimum atomic E-state index is 0.853. The van der Waals surface area contributed by atoms with E-state index in [2.05, 4.69) is 199 Å². The van der Waals surface area contributed by atoms with Gasteiger partial charge in [0.2, 0.25) is 0 Å². The standard InChI is InChI=1S/C54H35NO2/c1-3-14-36(15-4-1)37-26-30-40(31-27-37)55(41-32-28-39(29-33-41)43-22-13-23-46-44-19-9-11-24-49(44)57-54(43)46)48-34-35-51-53(47-21-10-12-25-50(47)56-51)52(48)45-20-8-7-18-42(45)38-16-5-2-6-17-38/h1-35H. The summed E-state index contributed by atoms with van der Waals surface area (Å²) in [5, 5.41) is 4.42. The molecule has 57 heavy (non-hydrogen) atoms. The molecule has 268 valence electrons. The zero-order valence-electron chi connectivity index (χ0n) is 31.0. The molecule has 0 saturated heterocycles. The molecule has 0 N–H and O–H groups in total. The van der Waals surface area contributed by atoms with Crippen LogP contribution in [0.3, 0.4) is 0 Å². The Bertz CT molecular complexity index is 3210. The predicted molar refractivity (Wildman–Crippen MR) is 237 cm³/mol. The first-order valence-electron chi connectivity index (χ1n) is 19.3. The molecule has 0 amide bonds. The van der Waals surface area contributed by atoms with Gasteiger partial charge in [-0.3, -0.25) is 0 Å². The Labute approximate surface area is 330 Å². The smallest absolute Gasteiger partial charge is 0.143 e. The number of anilines is 3. The zero-order valence-corrected chi connectivity index (χ0v) is 31.0. The number of benzene rings is 9. The maximum absolute atomic E-state index is 6.57. The molecule has 0 aliphatic heterocycles. The van der Waals surface area contributed by atoms with Gasteiger partial charge in [0.25, 0.3) is 0 Å². The van der Waals surface area contributed by atoms with E-state index in [1.165, 1.54) is 11.1 Å². The molecular weight excluding hydrogens is 695 g/mol. The maximum Gasteiger partial charge on any atom is 0.143 e. The van der Waals surface area contributed by atoms with E-state index >= 15 is 0 Å². The molecule has 11 rings (SSSR count). The number of hydrogen-bond donors (Lipinski definition) is 0. The van der Waals surface area contributed by atoms with Gasteiger partial charge in [-0.1, -0.05) is 164 Å². The number of rotatable bonds is 7. The lowest BCUT2D eigenvalue weighted by atomic mass is 9.90. The molecule has 11 aromatic rings. The summed E-state index contributed by atoms with van der Waals surface area (Å²) in [7, 11) is 0. The molecule has 2 heterocycles. The second-order valence-electron chi connectivity index (χ2n) is 14.4. The largest absolute Gasteiger partial charge is 0.456 e. The van der Waals surface area contributed by atoms with Gasteiger partial charge in [0.15, 0.2) is 0 Å². The molecule has 0 bridgehead atoms. The van der Waals surface area contributed by atoms with Gasteiger partial charge in [-0.05, 0) is 81.9 Å². The van der Waals surface area contributed by atoms with E-state index in [0.29, 0.717) is 0 Å². The summed E-state index contributed by atoms with van der Waals surface area (Å²) in [4.78, 5) is 2.39. The molecule has 0 aliphatic carbocycles. The van der Waals surface area contributed by atoms with Crippen molar-refractivity contribution in [2.24, 2.45) is 0 Å². The normalized spacial score (nSPS) is 11.5. The minimum absolute atomic E-state index is 0.853. The lowest BCUT2D eigenvalue weighted by Gasteiger charge is -2.29. The molecule has 3 nitrogen and oxygen atoms in total. The van der Waals surface area contributed by atoms with Gasteiger partial charge in [0.05, 0.1) is 5.69 Å². The fourth-order valence-electron chi connectivity index (χ4n) is 8.46. The Morgan fingerprint density at radius 1 is 0.298 bits per heavy atom. The Morgan fingerprint density at radius 2 is 0.807 bits per heavy atom. The first kappa shape index (κ1) is 32.8. The van der Waals surface area contributed by atoms with Crippen LogP contribution < -0.4 is 4.90 Å². The molecule has 0 unspecified atom stereocenters. The van der Waals surface area contributed by atoms with Gasteiger partial charge in [-0.25, -0.2) is 0 Å². The molecule has 0 spiro atoms. The summed E-state index contributed by atoms with van der Waals surface area (Å²) in [6.45, 7) is 0. The average Bonchev–Trinajstić information content (AvgIpc) is 3.86. The fraction of sp³-hybridized carbons (Fsp3) is 0. The highest BCUT2D eigenvalue weighted by Crippen LogP contribution is 2.49. The Hall–Kier alpha value is -7.62. The summed E-state index contributed by atoms with van der Waals surface area (Å²) < 4.78 is 13.0. The third-order valence-corrected chi connectivity index (χ3v) is 11.1. The molecule has 0 fully saturated rings. The number of para-hydroxylation sites is 3. The zero-order chi connectivity index (χ0) is 37.7. The highest BCUT2D eigenvalue weighted by Gasteiger charge is 2.24. The number of furan rings is 2. The number of fused-ring (bicyclic) bond motifs is 6. The topological polar surface area (TPSA) is 29.5 Å². The average molecular weight is 730 g/mol. The predicted octanol–water partition coefficient (Wildman–Crippen LogP) is 15.6. The van der Waals surface area contributed by atoms with Crippen LogP contribution in [0, 0.1) is 0 Å². The van der Waals surface area contributed by atoms with Gasteiger partial charge < -0.3 is 13.7 Å². The molecule has 0 radical (unpaired) electrons. The molecule has 0 atom stereocenters. The summed E-state index contributed by atoms with van der Waals surface area (Å²) in [6, 6.07) is 75.1. The van der Waals surface area contributed by atoms with Gasteiger partial charge >= 0.3 is 0 Å². The van der Waals surface area contributed by atoms with Gasteiger partial charge in [-0.15, -0.1) is 0 Å². The van der Waals surface area contributed by atoms with E-state index in [4.69, 9.17) is 8.83 Å². The monoisotopic (exact) mass is 729 g/mol. The lowest BCUT2D eigenvalue weighted by molar-refractivity contribution is 0.669. The van der Waals surface area contributed by atoms with E-state index in [0.717, 1.165) is 94.3 Å². The maximum atomic E-state index is 6.57. The van der Waals surface area contributed by atoms with Crippen LogP contribution in [0.1, 0.15) is 0 Å². The third-order valence-electron chi connectivity index (χ3n) is 11.1. The van der Waals surface area contributed by atoms with Gasteiger partial charge in [0.1, 0.15) is 22.3 Å². The van der Waals surface area contributed by atoms with Gasteiger partial charge in [-0.2, -0.15) is 0 Å². The Kier molecular flexibility index (Phi) is 7.82. The fourth-order valence-corrected chi connectivity index (χ4v) is 8.46. The summed E-state index contributed by atoms with van der Waals surface area (Å²) in [5.74, 6) is 0. The Morgan fingerprint density at radius 3 is 1.53 bits per heavy atom. The highest BCUT2D eigenvalue weighted by molar-refractivity contribution is 6.18.